The van der Waals surface area contributed by atoms with Gasteiger partial charge in [-0.25, -0.2) is 9.07 Å². The van der Waals surface area contributed by atoms with Crippen LogP contribution in [0.2, 0.25) is 0 Å². The molecule has 0 aliphatic carbocycles. The molecule has 0 spiro atoms. The third-order valence-electron chi connectivity index (χ3n) is 4.74. The number of nitrogens with zero attached hydrogens (tertiary/aromatic N) is 5. The van der Waals surface area contributed by atoms with Gasteiger partial charge in [-0.1, -0.05) is 17.3 Å². The lowest BCUT2D eigenvalue weighted by Gasteiger charge is -2.32. The number of rotatable bonds is 4. The Kier molecular flexibility index (Phi) is 4.85. The van der Waals surface area contributed by atoms with Gasteiger partial charge in [-0.05, 0) is 35.7 Å². The van der Waals surface area contributed by atoms with Crippen molar-refractivity contribution in [3.63, 3.8) is 0 Å². The highest BCUT2D eigenvalue weighted by Gasteiger charge is 2.34. The van der Waals surface area contributed by atoms with Gasteiger partial charge in [0.2, 0.25) is 5.82 Å². The Hall–Kier alpha value is -3.37. The van der Waals surface area contributed by atoms with E-state index in [1.165, 1.54) is 28.2 Å². The minimum atomic E-state index is -0.508. The molecular weight excluding hydrogens is 409 g/mol. The molecule has 1 aliphatic heterocycles. The molecule has 1 aliphatic rings. The molecule has 0 radical (unpaired) electrons. The van der Waals surface area contributed by atoms with E-state index in [9.17, 15) is 9.18 Å². The first-order chi connectivity index (χ1) is 14.7. The summed E-state index contributed by atoms with van der Waals surface area (Å²) in [5.74, 6) is 0.140. The molecule has 0 N–H and O–H groups in total. The smallest absolute Gasteiger partial charge is 0.275 e. The molecule has 30 heavy (non-hydrogen) atoms. The standard InChI is InChI=1S/C20H16FN5O3S/c21-13-3-1-4-14(11-13)26-7-6-15(23-26)20(27)25-8-9-28-12-16(25)19-22-18(24-29-19)17-5-2-10-30-17/h1-7,10-11,16H,8-9,12H2/t16-/m0/s1. The zero-order valence-corrected chi connectivity index (χ0v) is 16.5. The van der Waals surface area contributed by atoms with Crippen LogP contribution in [0.3, 0.4) is 0 Å². The van der Waals surface area contributed by atoms with Gasteiger partial charge in [-0.2, -0.15) is 10.1 Å². The van der Waals surface area contributed by atoms with Crippen molar-refractivity contribution >= 4 is 17.2 Å². The van der Waals surface area contributed by atoms with Crippen molar-refractivity contribution in [3.8, 4) is 16.4 Å². The number of thiophene rings is 1. The highest BCUT2D eigenvalue weighted by molar-refractivity contribution is 7.13. The van der Waals surface area contributed by atoms with Crippen molar-refractivity contribution in [3.05, 3.63) is 71.4 Å². The Morgan fingerprint density at radius 2 is 2.17 bits per heavy atom. The number of carbonyl (C=O) groups excluding carboxylic acids is 1. The van der Waals surface area contributed by atoms with Crippen LogP contribution in [0.4, 0.5) is 4.39 Å². The van der Waals surface area contributed by atoms with Gasteiger partial charge in [0.15, 0.2) is 5.69 Å². The second kappa shape index (κ2) is 7.81. The summed E-state index contributed by atoms with van der Waals surface area (Å²) in [5.41, 5.74) is 0.772. The van der Waals surface area contributed by atoms with Crippen LogP contribution < -0.4 is 0 Å². The third-order valence-corrected chi connectivity index (χ3v) is 5.60. The lowest BCUT2D eigenvalue weighted by molar-refractivity contribution is -0.0122. The summed E-state index contributed by atoms with van der Waals surface area (Å²) in [4.78, 5) is 20.1. The third kappa shape index (κ3) is 3.51. The van der Waals surface area contributed by atoms with Gasteiger partial charge in [0, 0.05) is 12.7 Å². The fourth-order valence-corrected chi connectivity index (χ4v) is 3.92. The molecule has 1 fully saturated rings. The SMILES string of the molecule is O=C(c1ccn(-c2cccc(F)c2)n1)N1CCOC[C@H]1c1nc(-c2cccs2)no1. The van der Waals surface area contributed by atoms with Crippen LogP contribution in [0.1, 0.15) is 22.4 Å². The van der Waals surface area contributed by atoms with Crippen LogP contribution in [0.25, 0.3) is 16.4 Å². The summed E-state index contributed by atoms with van der Waals surface area (Å²) in [6, 6.07) is 10.9. The number of amides is 1. The second-order valence-corrected chi connectivity index (χ2v) is 7.60. The molecule has 5 rings (SSSR count). The van der Waals surface area contributed by atoms with E-state index in [0.29, 0.717) is 30.6 Å². The zero-order valence-electron chi connectivity index (χ0n) is 15.6. The number of benzene rings is 1. The van der Waals surface area contributed by atoms with Gasteiger partial charge in [0.05, 0.1) is 23.8 Å². The molecule has 1 atom stereocenters. The minimum absolute atomic E-state index is 0.240. The maximum absolute atomic E-state index is 13.5. The van der Waals surface area contributed by atoms with Crippen molar-refractivity contribution in [2.24, 2.45) is 0 Å². The van der Waals surface area contributed by atoms with Crippen molar-refractivity contribution in [1.29, 1.82) is 0 Å². The van der Waals surface area contributed by atoms with E-state index in [-0.39, 0.29) is 24.0 Å². The molecule has 1 amide bonds. The highest BCUT2D eigenvalue weighted by Crippen LogP contribution is 2.28. The molecule has 3 aromatic heterocycles. The summed E-state index contributed by atoms with van der Waals surface area (Å²) in [5, 5.41) is 10.3. The molecule has 1 saturated heterocycles. The summed E-state index contributed by atoms with van der Waals surface area (Å²) in [6.07, 6.45) is 1.62. The van der Waals surface area contributed by atoms with Gasteiger partial charge in [0.25, 0.3) is 11.8 Å². The van der Waals surface area contributed by atoms with Crippen LogP contribution in [-0.4, -0.2) is 50.5 Å². The number of halogens is 1. The topological polar surface area (TPSA) is 86.3 Å². The summed E-state index contributed by atoms with van der Waals surface area (Å²) >= 11 is 1.51. The summed E-state index contributed by atoms with van der Waals surface area (Å²) < 4.78 is 26.0. The first kappa shape index (κ1) is 18.6. The van der Waals surface area contributed by atoms with Crippen LogP contribution in [0.5, 0.6) is 0 Å². The van der Waals surface area contributed by atoms with Crippen LogP contribution in [0.15, 0.2) is 58.6 Å². The maximum Gasteiger partial charge on any atom is 0.275 e. The fraction of sp³-hybridized carbons (Fsp3) is 0.200. The van der Waals surface area contributed by atoms with Crippen molar-refractivity contribution < 1.29 is 18.4 Å². The second-order valence-electron chi connectivity index (χ2n) is 6.65. The zero-order chi connectivity index (χ0) is 20.5. The van der Waals surface area contributed by atoms with Crippen molar-refractivity contribution in [2.75, 3.05) is 19.8 Å². The molecule has 4 aromatic rings. The van der Waals surface area contributed by atoms with Crippen LogP contribution >= 0.6 is 11.3 Å². The maximum atomic E-state index is 13.5. The molecule has 1 aromatic carbocycles. The van der Waals surface area contributed by atoms with Gasteiger partial charge in [-0.3, -0.25) is 4.79 Å². The Bertz CT molecular complexity index is 1170. The Balaban J connectivity index is 1.40. The molecule has 0 saturated carbocycles. The quantitative estimate of drug-likeness (QED) is 0.499. The summed E-state index contributed by atoms with van der Waals surface area (Å²) in [7, 11) is 0. The molecular formula is C20H16FN5O3S. The molecule has 10 heteroatoms. The first-order valence-corrected chi connectivity index (χ1v) is 10.1. The van der Waals surface area contributed by atoms with E-state index in [1.54, 1.807) is 29.3 Å². The number of hydrogen-bond donors (Lipinski definition) is 0. The first-order valence-electron chi connectivity index (χ1n) is 9.27. The predicted molar refractivity (Wildman–Crippen MR) is 106 cm³/mol. The Morgan fingerprint density at radius 3 is 3.00 bits per heavy atom. The fourth-order valence-electron chi connectivity index (χ4n) is 3.28. The van der Waals surface area contributed by atoms with E-state index >= 15 is 0 Å². The predicted octanol–water partition coefficient (Wildman–Crippen LogP) is 3.34. The van der Waals surface area contributed by atoms with Gasteiger partial charge >= 0.3 is 0 Å². The van der Waals surface area contributed by atoms with Crippen LogP contribution in [-0.2, 0) is 4.74 Å². The molecule has 4 heterocycles. The Morgan fingerprint density at radius 1 is 1.23 bits per heavy atom. The van der Waals surface area contributed by atoms with Crippen molar-refractivity contribution in [1.82, 2.24) is 24.8 Å². The number of carbonyl (C=O) groups is 1. The van der Waals surface area contributed by atoms with Crippen molar-refractivity contribution in [2.45, 2.75) is 6.04 Å². The average Bonchev–Trinajstić information content (AvgIpc) is 3.54. The normalized spacial score (nSPS) is 16.7. The van der Waals surface area contributed by atoms with Gasteiger partial charge in [0.1, 0.15) is 11.9 Å². The largest absolute Gasteiger partial charge is 0.377 e. The van der Waals surface area contributed by atoms with E-state index in [2.05, 4.69) is 15.2 Å². The molecule has 8 nitrogen and oxygen atoms in total. The lowest BCUT2D eigenvalue weighted by atomic mass is 10.2. The van der Waals surface area contributed by atoms with Gasteiger partial charge in [-0.15, -0.1) is 11.3 Å². The highest BCUT2D eigenvalue weighted by atomic mass is 32.1. The number of hydrogen-bond acceptors (Lipinski definition) is 7. The van der Waals surface area contributed by atoms with E-state index in [0.717, 1.165) is 4.88 Å². The van der Waals surface area contributed by atoms with Crippen LogP contribution in [0, 0.1) is 5.82 Å². The summed E-state index contributed by atoms with van der Waals surface area (Å²) in [6.45, 7) is 1.02. The number of morpholine rings is 1. The number of ether oxygens (including phenoxy) is 1. The van der Waals surface area contributed by atoms with E-state index in [4.69, 9.17) is 9.26 Å². The minimum Gasteiger partial charge on any atom is -0.377 e. The van der Waals surface area contributed by atoms with E-state index < -0.39 is 6.04 Å². The Labute approximate surface area is 174 Å². The number of aromatic nitrogens is 4. The van der Waals surface area contributed by atoms with Gasteiger partial charge < -0.3 is 14.2 Å². The average molecular weight is 425 g/mol. The monoisotopic (exact) mass is 425 g/mol. The van der Waals surface area contributed by atoms with E-state index in [1.807, 2.05) is 17.5 Å². The molecule has 0 unspecified atom stereocenters. The molecule has 152 valence electrons. The lowest BCUT2D eigenvalue weighted by Crippen LogP contribution is -2.43. The molecule has 0 bridgehead atoms.